The van der Waals surface area contributed by atoms with E-state index in [1.807, 2.05) is 31.2 Å². The largest absolute Gasteiger partial charge is 0.348 e. The van der Waals surface area contributed by atoms with Crippen LogP contribution in [0.15, 0.2) is 36.4 Å². The quantitative estimate of drug-likeness (QED) is 0.833. The SMILES string of the molecule is Cc1ccc([C@H](NC(=O)[C@@H]2C[C@H]3C=C[C@H]2C3)[C@@H](C)S(C)(=O)=O)cc1. The molecule has 1 saturated carbocycles. The third-order valence-electron chi connectivity index (χ3n) is 5.49. The number of carbonyl (C=O) groups is 1. The molecular formula is C19H25NO3S. The zero-order valence-electron chi connectivity index (χ0n) is 14.4. The van der Waals surface area contributed by atoms with Gasteiger partial charge >= 0.3 is 0 Å². The van der Waals surface area contributed by atoms with Crippen molar-refractivity contribution in [3.63, 3.8) is 0 Å². The maximum Gasteiger partial charge on any atom is 0.224 e. The van der Waals surface area contributed by atoms with E-state index in [1.165, 1.54) is 6.26 Å². The second kappa shape index (κ2) is 6.36. The number of aryl methyl sites for hydroxylation is 1. The van der Waals surface area contributed by atoms with E-state index < -0.39 is 21.1 Å². The van der Waals surface area contributed by atoms with Crippen LogP contribution in [-0.2, 0) is 14.6 Å². The highest BCUT2D eigenvalue weighted by Crippen LogP contribution is 2.43. The number of rotatable bonds is 5. The van der Waals surface area contributed by atoms with Crippen LogP contribution in [0.5, 0.6) is 0 Å². The Morgan fingerprint density at radius 2 is 1.83 bits per heavy atom. The lowest BCUT2D eigenvalue weighted by Gasteiger charge is -2.27. The van der Waals surface area contributed by atoms with Crippen molar-refractivity contribution in [3.05, 3.63) is 47.5 Å². The molecule has 0 heterocycles. The van der Waals surface area contributed by atoms with Gasteiger partial charge in [0.05, 0.1) is 11.3 Å². The Labute approximate surface area is 144 Å². The Bertz CT molecular complexity index is 751. The van der Waals surface area contributed by atoms with Crippen LogP contribution < -0.4 is 5.32 Å². The lowest BCUT2D eigenvalue weighted by atomic mass is 9.92. The van der Waals surface area contributed by atoms with E-state index in [2.05, 4.69) is 17.5 Å². The molecule has 0 aliphatic heterocycles. The van der Waals surface area contributed by atoms with Gasteiger partial charge in [-0.15, -0.1) is 0 Å². The molecule has 2 aliphatic rings. The van der Waals surface area contributed by atoms with Crippen molar-refractivity contribution in [1.29, 1.82) is 0 Å². The van der Waals surface area contributed by atoms with Gasteiger partial charge in [-0.2, -0.15) is 0 Å². The first-order chi connectivity index (χ1) is 11.3. The average molecular weight is 347 g/mol. The minimum absolute atomic E-state index is 0.0204. The molecule has 0 aromatic heterocycles. The van der Waals surface area contributed by atoms with Gasteiger partial charge in [-0.1, -0.05) is 42.0 Å². The number of nitrogens with one attached hydrogen (secondary N) is 1. The van der Waals surface area contributed by atoms with E-state index in [1.54, 1.807) is 6.92 Å². The molecule has 0 radical (unpaired) electrons. The van der Waals surface area contributed by atoms with Gasteiger partial charge in [0.2, 0.25) is 5.91 Å². The van der Waals surface area contributed by atoms with Crippen LogP contribution in [0.3, 0.4) is 0 Å². The van der Waals surface area contributed by atoms with Gasteiger partial charge in [0.25, 0.3) is 0 Å². The summed E-state index contributed by atoms with van der Waals surface area (Å²) in [6.45, 7) is 3.65. The molecule has 1 N–H and O–H groups in total. The summed E-state index contributed by atoms with van der Waals surface area (Å²) in [4.78, 5) is 12.8. The summed E-state index contributed by atoms with van der Waals surface area (Å²) >= 11 is 0. The highest BCUT2D eigenvalue weighted by Gasteiger charge is 2.41. The van der Waals surface area contributed by atoms with Gasteiger partial charge in [0.1, 0.15) is 0 Å². The summed E-state index contributed by atoms with van der Waals surface area (Å²) in [5.74, 6) is 0.769. The Morgan fingerprint density at radius 1 is 1.17 bits per heavy atom. The number of benzene rings is 1. The standard InChI is InChI=1S/C19H25NO3S/c1-12-4-7-15(8-5-12)18(13(2)24(3,22)23)20-19(21)17-11-14-6-9-16(17)10-14/h4-9,13-14,16-18H,10-11H2,1-3H3,(H,20,21)/t13-,14+,16+,17-,18-/m1/s1. The van der Waals surface area contributed by atoms with Gasteiger partial charge in [-0.25, -0.2) is 8.42 Å². The molecule has 1 aromatic carbocycles. The molecule has 1 fully saturated rings. The molecule has 130 valence electrons. The molecular weight excluding hydrogens is 322 g/mol. The van der Waals surface area contributed by atoms with Crippen LogP contribution in [0, 0.1) is 24.7 Å². The Kier molecular flexibility index (Phi) is 4.56. The Morgan fingerprint density at radius 3 is 2.33 bits per heavy atom. The van der Waals surface area contributed by atoms with E-state index >= 15 is 0 Å². The Balaban J connectivity index is 1.83. The third-order valence-corrected chi connectivity index (χ3v) is 7.12. The van der Waals surface area contributed by atoms with Crippen LogP contribution >= 0.6 is 0 Å². The molecule has 3 rings (SSSR count). The summed E-state index contributed by atoms with van der Waals surface area (Å²) in [5, 5.41) is 2.37. The zero-order chi connectivity index (χ0) is 17.5. The molecule has 0 unspecified atom stereocenters. The molecule has 0 saturated heterocycles. The molecule has 5 atom stereocenters. The van der Waals surface area contributed by atoms with E-state index in [0.717, 1.165) is 24.0 Å². The fraction of sp³-hybridized carbons (Fsp3) is 0.526. The summed E-state index contributed by atoms with van der Waals surface area (Å²) < 4.78 is 24.2. The smallest absolute Gasteiger partial charge is 0.224 e. The minimum Gasteiger partial charge on any atom is -0.348 e. The van der Waals surface area contributed by atoms with Crippen molar-refractivity contribution in [3.8, 4) is 0 Å². The van der Waals surface area contributed by atoms with Crippen LogP contribution in [0.25, 0.3) is 0 Å². The van der Waals surface area contributed by atoms with E-state index in [9.17, 15) is 13.2 Å². The monoisotopic (exact) mass is 347 g/mol. The van der Waals surface area contributed by atoms with Gasteiger partial charge in [-0.05, 0) is 44.1 Å². The van der Waals surface area contributed by atoms with Crippen molar-refractivity contribution in [2.45, 2.75) is 38.0 Å². The lowest BCUT2D eigenvalue weighted by molar-refractivity contribution is -0.126. The number of hydrogen-bond donors (Lipinski definition) is 1. The van der Waals surface area contributed by atoms with E-state index in [4.69, 9.17) is 0 Å². The first-order valence-electron chi connectivity index (χ1n) is 8.50. The van der Waals surface area contributed by atoms with Crippen LogP contribution in [0.2, 0.25) is 0 Å². The number of hydrogen-bond acceptors (Lipinski definition) is 3. The lowest BCUT2D eigenvalue weighted by Crippen LogP contribution is -2.42. The topological polar surface area (TPSA) is 63.2 Å². The highest BCUT2D eigenvalue weighted by atomic mass is 32.2. The first kappa shape index (κ1) is 17.2. The van der Waals surface area contributed by atoms with Crippen LogP contribution in [0.1, 0.15) is 36.9 Å². The average Bonchev–Trinajstić information content (AvgIpc) is 3.15. The molecule has 4 nitrogen and oxygen atoms in total. The maximum atomic E-state index is 12.8. The normalized spacial score (nSPS) is 27.9. The van der Waals surface area contributed by atoms with Crippen LogP contribution in [-0.4, -0.2) is 25.8 Å². The molecule has 24 heavy (non-hydrogen) atoms. The second-order valence-corrected chi connectivity index (χ2v) is 9.72. The minimum atomic E-state index is -3.27. The van der Waals surface area contributed by atoms with Crippen molar-refractivity contribution in [2.24, 2.45) is 17.8 Å². The van der Waals surface area contributed by atoms with Gasteiger partial charge in [0.15, 0.2) is 9.84 Å². The summed E-state index contributed by atoms with van der Waals surface area (Å²) in [6.07, 6.45) is 7.49. The summed E-state index contributed by atoms with van der Waals surface area (Å²) in [7, 11) is -3.27. The summed E-state index contributed by atoms with van der Waals surface area (Å²) in [5.41, 5.74) is 1.94. The number of allylic oxidation sites excluding steroid dienone is 2. The van der Waals surface area contributed by atoms with Gasteiger partial charge in [-0.3, -0.25) is 4.79 Å². The highest BCUT2D eigenvalue weighted by molar-refractivity contribution is 7.91. The molecule has 2 aliphatic carbocycles. The summed E-state index contributed by atoms with van der Waals surface area (Å²) in [6, 6.07) is 7.19. The van der Waals surface area contributed by atoms with Crippen molar-refractivity contribution < 1.29 is 13.2 Å². The van der Waals surface area contributed by atoms with E-state index in [0.29, 0.717) is 11.8 Å². The van der Waals surface area contributed by atoms with Crippen molar-refractivity contribution in [1.82, 2.24) is 5.32 Å². The molecule has 1 aromatic rings. The number of carbonyl (C=O) groups excluding carboxylic acids is 1. The first-order valence-corrected chi connectivity index (χ1v) is 10.5. The second-order valence-electron chi connectivity index (χ2n) is 7.32. The van der Waals surface area contributed by atoms with Crippen molar-refractivity contribution in [2.75, 3.05) is 6.26 Å². The number of sulfone groups is 1. The van der Waals surface area contributed by atoms with Gasteiger partial charge in [0, 0.05) is 12.2 Å². The number of amides is 1. The van der Waals surface area contributed by atoms with Crippen LogP contribution in [0.4, 0.5) is 0 Å². The number of fused-ring (bicyclic) bond motifs is 2. The fourth-order valence-electron chi connectivity index (χ4n) is 3.84. The predicted octanol–water partition coefficient (Wildman–Crippen LogP) is 2.80. The molecule has 2 bridgehead atoms. The zero-order valence-corrected chi connectivity index (χ0v) is 15.2. The molecule has 5 heteroatoms. The van der Waals surface area contributed by atoms with Gasteiger partial charge < -0.3 is 5.32 Å². The Hall–Kier alpha value is -1.62. The predicted molar refractivity (Wildman–Crippen MR) is 95.2 cm³/mol. The van der Waals surface area contributed by atoms with E-state index in [-0.39, 0.29) is 11.8 Å². The molecule has 1 amide bonds. The van der Waals surface area contributed by atoms with Crippen molar-refractivity contribution >= 4 is 15.7 Å². The maximum absolute atomic E-state index is 12.8. The molecule has 0 spiro atoms. The third kappa shape index (κ3) is 3.41. The fourth-order valence-corrected chi connectivity index (χ4v) is 4.55.